The highest BCUT2D eigenvalue weighted by molar-refractivity contribution is 5.79. The molecule has 4 nitrogen and oxygen atoms in total. The summed E-state index contributed by atoms with van der Waals surface area (Å²) < 4.78 is 0. The molecule has 2 aliphatic rings. The Morgan fingerprint density at radius 3 is 2.84 bits per heavy atom. The standard InChI is InChI=1S/C15H20N2O2/c18-14-2-1-11-5-8-17(10-13(11)9-14)15(19)12-3-6-16-7-4-12/h1-2,9,12,16,18H,3-8,10H2. The number of piperidine rings is 1. The van der Waals surface area contributed by atoms with Gasteiger partial charge in [-0.2, -0.15) is 0 Å². The lowest BCUT2D eigenvalue weighted by Crippen LogP contribution is -2.43. The zero-order chi connectivity index (χ0) is 13.2. The van der Waals surface area contributed by atoms with Crippen LogP contribution in [0.15, 0.2) is 18.2 Å². The number of nitrogens with one attached hydrogen (secondary N) is 1. The van der Waals surface area contributed by atoms with Gasteiger partial charge in [0.1, 0.15) is 5.75 Å². The Hall–Kier alpha value is -1.55. The minimum Gasteiger partial charge on any atom is -0.508 e. The average molecular weight is 260 g/mol. The predicted octanol–water partition coefficient (Wildman–Crippen LogP) is 1.28. The number of hydrogen-bond donors (Lipinski definition) is 2. The number of rotatable bonds is 1. The predicted molar refractivity (Wildman–Crippen MR) is 72.8 cm³/mol. The van der Waals surface area contributed by atoms with Gasteiger partial charge < -0.3 is 15.3 Å². The largest absolute Gasteiger partial charge is 0.508 e. The quantitative estimate of drug-likeness (QED) is 0.799. The zero-order valence-electron chi connectivity index (χ0n) is 11.1. The number of phenolic OH excluding ortho intramolecular Hbond substituents is 1. The van der Waals surface area contributed by atoms with E-state index in [1.54, 1.807) is 12.1 Å². The fourth-order valence-corrected chi connectivity index (χ4v) is 3.06. The average Bonchev–Trinajstić information content (AvgIpc) is 2.46. The number of fused-ring (bicyclic) bond motifs is 1. The van der Waals surface area contributed by atoms with Gasteiger partial charge in [0.05, 0.1) is 0 Å². The number of carbonyl (C=O) groups is 1. The number of benzene rings is 1. The lowest BCUT2D eigenvalue weighted by atomic mass is 9.94. The molecular weight excluding hydrogens is 240 g/mol. The maximum absolute atomic E-state index is 12.5. The van der Waals surface area contributed by atoms with Gasteiger partial charge >= 0.3 is 0 Å². The van der Waals surface area contributed by atoms with Crippen molar-refractivity contribution in [2.75, 3.05) is 19.6 Å². The Balaban J connectivity index is 1.72. The lowest BCUT2D eigenvalue weighted by molar-refractivity contribution is -0.137. The Kier molecular flexibility index (Phi) is 3.42. The Bertz CT molecular complexity index is 481. The van der Waals surface area contributed by atoms with Gasteiger partial charge in [0.2, 0.25) is 5.91 Å². The normalized spacial score (nSPS) is 20.1. The summed E-state index contributed by atoms with van der Waals surface area (Å²) in [5, 5.41) is 12.8. The van der Waals surface area contributed by atoms with Crippen LogP contribution in [0.3, 0.4) is 0 Å². The van der Waals surface area contributed by atoms with Crippen LogP contribution >= 0.6 is 0 Å². The van der Waals surface area contributed by atoms with E-state index in [1.807, 2.05) is 11.0 Å². The molecule has 0 aromatic heterocycles. The first-order valence-corrected chi connectivity index (χ1v) is 7.04. The van der Waals surface area contributed by atoms with Crippen LogP contribution in [0, 0.1) is 5.92 Å². The van der Waals surface area contributed by atoms with Crippen LogP contribution in [-0.2, 0) is 17.8 Å². The second kappa shape index (κ2) is 5.21. The van der Waals surface area contributed by atoms with Gasteiger partial charge in [0, 0.05) is 19.0 Å². The molecule has 3 rings (SSSR count). The van der Waals surface area contributed by atoms with E-state index >= 15 is 0 Å². The molecule has 1 fully saturated rings. The number of amides is 1. The second-order valence-corrected chi connectivity index (χ2v) is 5.49. The van der Waals surface area contributed by atoms with Crippen molar-refractivity contribution in [3.8, 4) is 5.75 Å². The van der Waals surface area contributed by atoms with E-state index in [0.29, 0.717) is 6.54 Å². The van der Waals surface area contributed by atoms with Crippen LogP contribution in [0.2, 0.25) is 0 Å². The van der Waals surface area contributed by atoms with Crippen LogP contribution < -0.4 is 5.32 Å². The smallest absolute Gasteiger partial charge is 0.226 e. The SMILES string of the molecule is O=C(C1CCNCC1)N1CCc2ccc(O)cc2C1. The van der Waals surface area contributed by atoms with Crippen LogP contribution in [0.25, 0.3) is 0 Å². The number of hydrogen-bond acceptors (Lipinski definition) is 3. The molecule has 1 amide bonds. The fourth-order valence-electron chi connectivity index (χ4n) is 3.06. The van der Waals surface area contributed by atoms with Crippen LogP contribution in [0.1, 0.15) is 24.0 Å². The number of phenols is 1. The first-order chi connectivity index (χ1) is 9.24. The highest BCUT2D eigenvalue weighted by Gasteiger charge is 2.28. The summed E-state index contributed by atoms with van der Waals surface area (Å²) in [6.45, 7) is 3.34. The van der Waals surface area contributed by atoms with Crippen LogP contribution in [0.4, 0.5) is 0 Å². The number of carbonyl (C=O) groups excluding carboxylic acids is 1. The molecule has 0 atom stereocenters. The van der Waals surface area contributed by atoms with Gasteiger partial charge in [-0.05, 0) is 55.6 Å². The summed E-state index contributed by atoms with van der Waals surface area (Å²) >= 11 is 0. The molecule has 1 aromatic carbocycles. The van der Waals surface area contributed by atoms with E-state index in [9.17, 15) is 9.90 Å². The van der Waals surface area contributed by atoms with Crippen molar-refractivity contribution in [1.29, 1.82) is 0 Å². The van der Waals surface area contributed by atoms with E-state index in [1.165, 1.54) is 5.56 Å². The van der Waals surface area contributed by atoms with Gasteiger partial charge in [0.15, 0.2) is 0 Å². The third-order valence-electron chi connectivity index (χ3n) is 4.20. The van der Waals surface area contributed by atoms with Crippen molar-refractivity contribution in [3.05, 3.63) is 29.3 Å². The van der Waals surface area contributed by atoms with E-state index < -0.39 is 0 Å². The molecule has 0 unspecified atom stereocenters. The van der Waals surface area contributed by atoms with Crippen LogP contribution in [-0.4, -0.2) is 35.5 Å². The van der Waals surface area contributed by atoms with E-state index in [0.717, 1.165) is 44.5 Å². The topological polar surface area (TPSA) is 52.6 Å². The lowest BCUT2D eigenvalue weighted by Gasteiger charge is -2.33. The minimum absolute atomic E-state index is 0.181. The molecule has 2 N–H and O–H groups in total. The van der Waals surface area contributed by atoms with E-state index in [4.69, 9.17) is 0 Å². The van der Waals surface area contributed by atoms with E-state index in [2.05, 4.69) is 5.32 Å². The number of aromatic hydroxyl groups is 1. The van der Waals surface area contributed by atoms with Crippen molar-refractivity contribution in [1.82, 2.24) is 10.2 Å². The summed E-state index contributed by atoms with van der Waals surface area (Å²) in [6, 6.07) is 5.48. The molecule has 1 saturated heterocycles. The monoisotopic (exact) mass is 260 g/mol. The van der Waals surface area contributed by atoms with Gasteiger partial charge in [-0.25, -0.2) is 0 Å². The van der Waals surface area contributed by atoms with Crippen molar-refractivity contribution in [2.24, 2.45) is 5.92 Å². The minimum atomic E-state index is 0.181. The molecular formula is C15H20N2O2. The van der Waals surface area contributed by atoms with Crippen molar-refractivity contribution < 1.29 is 9.90 Å². The molecule has 4 heteroatoms. The summed E-state index contributed by atoms with van der Waals surface area (Å²) in [6.07, 6.45) is 2.79. The third-order valence-corrected chi connectivity index (χ3v) is 4.20. The first kappa shape index (κ1) is 12.5. The molecule has 0 aliphatic carbocycles. The molecule has 2 heterocycles. The Labute approximate surface area is 113 Å². The Morgan fingerprint density at radius 1 is 1.26 bits per heavy atom. The summed E-state index contributed by atoms with van der Waals surface area (Å²) in [7, 11) is 0. The van der Waals surface area contributed by atoms with Crippen molar-refractivity contribution >= 4 is 5.91 Å². The molecule has 0 radical (unpaired) electrons. The highest BCUT2D eigenvalue weighted by Crippen LogP contribution is 2.25. The molecule has 102 valence electrons. The molecule has 0 spiro atoms. The van der Waals surface area contributed by atoms with Gasteiger partial charge in [-0.15, -0.1) is 0 Å². The van der Waals surface area contributed by atoms with Gasteiger partial charge in [-0.3, -0.25) is 4.79 Å². The number of nitrogens with zero attached hydrogens (tertiary/aromatic N) is 1. The molecule has 19 heavy (non-hydrogen) atoms. The fraction of sp³-hybridized carbons (Fsp3) is 0.533. The van der Waals surface area contributed by atoms with Gasteiger partial charge in [-0.1, -0.05) is 6.07 Å². The molecule has 0 bridgehead atoms. The summed E-state index contributed by atoms with van der Waals surface area (Å²) in [4.78, 5) is 14.4. The Morgan fingerprint density at radius 2 is 2.05 bits per heavy atom. The van der Waals surface area contributed by atoms with Crippen LogP contribution in [0.5, 0.6) is 5.75 Å². The molecule has 0 saturated carbocycles. The first-order valence-electron chi connectivity index (χ1n) is 7.04. The molecule has 1 aromatic rings. The maximum Gasteiger partial charge on any atom is 0.226 e. The molecule has 2 aliphatic heterocycles. The van der Waals surface area contributed by atoms with Crippen molar-refractivity contribution in [2.45, 2.75) is 25.8 Å². The summed E-state index contributed by atoms with van der Waals surface area (Å²) in [5.41, 5.74) is 2.35. The van der Waals surface area contributed by atoms with Crippen molar-refractivity contribution in [3.63, 3.8) is 0 Å². The zero-order valence-corrected chi connectivity index (χ0v) is 11.1. The second-order valence-electron chi connectivity index (χ2n) is 5.49. The maximum atomic E-state index is 12.5. The van der Waals surface area contributed by atoms with E-state index in [-0.39, 0.29) is 17.6 Å². The highest BCUT2D eigenvalue weighted by atomic mass is 16.3. The van der Waals surface area contributed by atoms with Gasteiger partial charge in [0.25, 0.3) is 0 Å². The third kappa shape index (κ3) is 2.59. The summed E-state index contributed by atoms with van der Waals surface area (Å²) in [5.74, 6) is 0.755.